The van der Waals surface area contributed by atoms with Gasteiger partial charge >= 0.3 is 0 Å². The Morgan fingerprint density at radius 1 is 1.00 bits per heavy atom. The van der Waals surface area contributed by atoms with Crippen LogP contribution in [0.1, 0.15) is 16.1 Å². The van der Waals surface area contributed by atoms with Crippen molar-refractivity contribution in [2.24, 2.45) is 4.99 Å². The molecule has 5 nitrogen and oxygen atoms in total. The van der Waals surface area contributed by atoms with Crippen LogP contribution >= 0.6 is 15.9 Å². The number of hydrogen-bond acceptors (Lipinski definition) is 3. The predicted octanol–water partition coefficient (Wildman–Crippen LogP) is 4.24. The lowest BCUT2D eigenvalue weighted by Gasteiger charge is -2.12. The first-order chi connectivity index (χ1) is 12.7. The number of hydrogen-bond donors (Lipinski definition) is 2. The van der Waals surface area contributed by atoms with E-state index < -0.39 is 0 Å². The summed E-state index contributed by atoms with van der Waals surface area (Å²) in [6, 6.07) is 22.3. The molecule has 130 valence electrons. The molecule has 0 radical (unpaired) electrons. The Morgan fingerprint density at radius 3 is 2.54 bits per heavy atom. The molecule has 2 N–H and O–H groups in total. The van der Waals surface area contributed by atoms with Crippen LogP contribution in [-0.4, -0.2) is 16.9 Å². The summed E-state index contributed by atoms with van der Waals surface area (Å²) in [6.07, 6.45) is 1.72. The third-order valence-corrected chi connectivity index (χ3v) is 3.97. The minimum atomic E-state index is -0.229. The largest absolute Gasteiger partial charge is 0.326 e. The van der Waals surface area contributed by atoms with Crippen LogP contribution in [0.15, 0.2) is 88.5 Å². The molecule has 1 heterocycles. The molecule has 0 aliphatic heterocycles. The number of halogens is 1. The Kier molecular flexibility index (Phi) is 6.11. The predicted molar refractivity (Wildman–Crippen MR) is 107 cm³/mol. The van der Waals surface area contributed by atoms with E-state index in [-0.39, 0.29) is 5.91 Å². The second-order valence-corrected chi connectivity index (χ2v) is 6.36. The first kappa shape index (κ1) is 17.8. The molecule has 3 rings (SSSR count). The lowest BCUT2D eigenvalue weighted by Crippen LogP contribution is -2.36. The molecular weight excluding hydrogens is 392 g/mol. The Bertz CT molecular complexity index is 898. The zero-order valence-electron chi connectivity index (χ0n) is 13.9. The van der Waals surface area contributed by atoms with Gasteiger partial charge in [-0.25, -0.2) is 4.99 Å². The number of benzene rings is 2. The van der Waals surface area contributed by atoms with Crippen LogP contribution in [0.2, 0.25) is 0 Å². The highest BCUT2D eigenvalue weighted by Crippen LogP contribution is 2.15. The Balaban J connectivity index is 1.79. The molecule has 1 amide bonds. The average Bonchev–Trinajstić information content (AvgIpc) is 2.67. The molecule has 0 fully saturated rings. The first-order valence-electron chi connectivity index (χ1n) is 8.04. The lowest BCUT2D eigenvalue weighted by atomic mass is 10.2. The van der Waals surface area contributed by atoms with Gasteiger partial charge in [0.2, 0.25) is 5.96 Å². The van der Waals surface area contributed by atoms with E-state index in [9.17, 15) is 4.79 Å². The number of aromatic nitrogens is 1. The van der Waals surface area contributed by atoms with Gasteiger partial charge in [0.05, 0.1) is 12.2 Å². The fourth-order valence-corrected chi connectivity index (χ4v) is 2.63. The standard InChI is InChI=1S/C20H17BrN4O/c21-16-9-6-11-17(13-16)24-20(23-14-18-10-4-5-12-22-18)25-19(26)15-7-2-1-3-8-15/h1-13H,14H2,(H2,23,24,25,26). The van der Waals surface area contributed by atoms with E-state index in [4.69, 9.17) is 0 Å². The highest BCUT2D eigenvalue weighted by Gasteiger charge is 2.09. The minimum absolute atomic E-state index is 0.229. The number of guanidine groups is 1. The average molecular weight is 409 g/mol. The number of pyridine rings is 1. The number of carbonyl (C=O) groups excluding carboxylic acids is 1. The van der Waals surface area contributed by atoms with Crippen LogP contribution in [0.4, 0.5) is 5.69 Å². The second-order valence-electron chi connectivity index (χ2n) is 5.44. The molecule has 2 aromatic carbocycles. The van der Waals surface area contributed by atoms with Gasteiger partial charge < -0.3 is 5.32 Å². The molecule has 0 saturated carbocycles. The molecular formula is C20H17BrN4O. The monoisotopic (exact) mass is 408 g/mol. The molecule has 0 unspecified atom stereocenters. The second kappa shape index (κ2) is 8.92. The zero-order valence-corrected chi connectivity index (χ0v) is 15.5. The Morgan fingerprint density at radius 2 is 1.81 bits per heavy atom. The molecule has 0 spiro atoms. The summed E-state index contributed by atoms with van der Waals surface area (Å²) in [5, 5.41) is 5.98. The summed E-state index contributed by atoms with van der Waals surface area (Å²) in [7, 11) is 0. The Labute approximate surface area is 160 Å². The van der Waals surface area contributed by atoms with E-state index in [0.29, 0.717) is 18.1 Å². The summed E-state index contributed by atoms with van der Waals surface area (Å²) >= 11 is 3.44. The normalized spacial score (nSPS) is 11.0. The van der Waals surface area contributed by atoms with E-state index in [0.717, 1.165) is 15.9 Å². The SMILES string of the molecule is O=C(NC(=NCc1ccccn1)Nc1cccc(Br)c1)c1ccccc1. The number of carbonyl (C=O) groups is 1. The highest BCUT2D eigenvalue weighted by molar-refractivity contribution is 9.10. The fraction of sp³-hybridized carbons (Fsp3) is 0.0500. The number of aliphatic imine (C=N–C) groups is 1. The van der Waals surface area contributed by atoms with Crippen molar-refractivity contribution in [1.29, 1.82) is 0 Å². The number of rotatable bonds is 4. The number of nitrogens with zero attached hydrogens (tertiary/aromatic N) is 2. The smallest absolute Gasteiger partial charge is 0.257 e. The van der Waals surface area contributed by atoms with Crippen LogP contribution in [0.25, 0.3) is 0 Å². The molecule has 0 aliphatic carbocycles. The van der Waals surface area contributed by atoms with Gasteiger partial charge in [-0.1, -0.05) is 46.3 Å². The summed E-state index contributed by atoms with van der Waals surface area (Å²) < 4.78 is 0.931. The van der Waals surface area contributed by atoms with E-state index >= 15 is 0 Å². The van der Waals surface area contributed by atoms with Crippen LogP contribution in [0.3, 0.4) is 0 Å². The van der Waals surface area contributed by atoms with Crippen molar-refractivity contribution < 1.29 is 4.79 Å². The topological polar surface area (TPSA) is 66.4 Å². The molecule has 0 aliphatic rings. The van der Waals surface area contributed by atoms with E-state index in [1.54, 1.807) is 18.3 Å². The van der Waals surface area contributed by atoms with E-state index in [2.05, 4.69) is 36.5 Å². The molecule has 1 aromatic heterocycles. The lowest BCUT2D eigenvalue weighted by molar-refractivity contribution is 0.0977. The maximum absolute atomic E-state index is 12.5. The highest BCUT2D eigenvalue weighted by atomic mass is 79.9. The van der Waals surface area contributed by atoms with E-state index in [1.165, 1.54) is 0 Å². The Hall–Kier alpha value is -2.99. The fourth-order valence-electron chi connectivity index (χ4n) is 2.23. The van der Waals surface area contributed by atoms with Gasteiger partial charge in [0, 0.05) is 21.9 Å². The van der Waals surface area contributed by atoms with Gasteiger partial charge in [-0.2, -0.15) is 0 Å². The quantitative estimate of drug-likeness (QED) is 0.500. The van der Waals surface area contributed by atoms with Crippen LogP contribution in [0.5, 0.6) is 0 Å². The van der Waals surface area contributed by atoms with Crippen molar-refractivity contribution in [3.8, 4) is 0 Å². The van der Waals surface area contributed by atoms with Crippen LogP contribution in [0, 0.1) is 0 Å². The van der Waals surface area contributed by atoms with Crippen molar-refractivity contribution in [2.75, 3.05) is 5.32 Å². The van der Waals surface area contributed by atoms with Gasteiger partial charge in [-0.3, -0.25) is 15.1 Å². The van der Waals surface area contributed by atoms with Crippen LogP contribution in [-0.2, 0) is 6.54 Å². The maximum Gasteiger partial charge on any atom is 0.257 e. The number of amides is 1. The van der Waals surface area contributed by atoms with Gasteiger partial charge in [-0.05, 0) is 42.5 Å². The number of nitrogens with one attached hydrogen (secondary N) is 2. The zero-order chi connectivity index (χ0) is 18.2. The van der Waals surface area contributed by atoms with Crippen molar-refractivity contribution in [2.45, 2.75) is 6.54 Å². The van der Waals surface area contributed by atoms with Gasteiger partial charge in [0.25, 0.3) is 5.91 Å². The van der Waals surface area contributed by atoms with Crippen molar-refractivity contribution in [3.05, 3.63) is 94.7 Å². The van der Waals surface area contributed by atoms with E-state index in [1.807, 2.05) is 60.7 Å². The molecule has 0 atom stereocenters. The molecule has 0 bridgehead atoms. The summed E-state index contributed by atoms with van der Waals surface area (Å²) in [6.45, 7) is 0.353. The van der Waals surface area contributed by atoms with Crippen molar-refractivity contribution >= 4 is 33.5 Å². The third-order valence-electron chi connectivity index (χ3n) is 3.48. The first-order valence-corrected chi connectivity index (χ1v) is 8.83. The maximum atomic E-state index is 12.5. The number of anilines is 1. The molecule has 26 heavy (non-hydrogen) atoms. The van der Waals surface area contributed by atoms with Gasteiger partial charge in [0.1, 0.15) is 0 Å². The van der Waals surface area contributed by atoms with Crippen molar-refractivity contribution in [1.82, 2.24) is 10.3 Å². The molecule has 3 aromatic rings. The molecule has 0 saturated heterocycles. The van der Waals surface area contributed by atoms with Gasteiger partial charge in [-0.15, -0.1) is 0 Å². The summed E-state index contributed by atoms with van der Waals surface area (Å²) in [4.78, 5) is 21.2. The van der Waals surface area contributed by atoms with Crippen LogP contribution < -0.4 is 10.6 Å². The van der Waals surface area contributed by atoms with Gasteiger partial charge in [0.15, 0.2) is 0 Å². The summed E-state index contributed by atoms with van der Waals surface area (Å²) in [5.74, 6) is 0.135. The molecule has 6 heteroatoms. The third kappa shape index (κ3) is 5.26. The van der Waals surface area contributed by atoms with Crippen molar-refractivity contribution in [3.63, 3.8) is 0 Å². The minimum Gasteiger partial charge on any atom is -0.326 e. The summed E-state index contributed by atoms with van der Waals surface area (Å²) in [5.41, 5.74) is 2.19.